The smallest absolute Gasteiger partial charge is 0.135 e. The summed E-state index contributed by atoms with van der Waals surface area (Å²) in [7, 11) is 0. The Labute approximate surface area is 82.9 Å². The summed E-state index contributed by atoms with van der Waals surface area (Å²) < 4.78 is 0. The molecule has 1 heteroatoms. The molecular weight excluding hydrogens is 160 g/mol. The highest BCUT2D eigenvalue weighted by Gasteiger charge is 2.11. The lowest BCUT2D eigenvalue weighted by molar-refractivity contribution is -0.122. The molecular formula is C12H24O. The molecule has 0 rings (SSSR count). The molecule has 0 spiro atoms. The minimum atomic E-state index is 0.216. The zero-order valence-corrected chi connectivity index (χ0v) is 9.60. The van der Waals surface area contributed by atoms with Gasteiger partial charge in [0.25, 0.3) is 0 Å². The average molecular weight is 184 g/mol. The van der Waals surface area contributed by atoms with Crippen LogP contribution >= 0.6 is 0 Å². The van der Waals surface area contributed by atoms with E-state index in [4.69, 9.17) is 0 Å². The van der Waals surface area contributed by atoms with Crippen LogP contribution < -0.4 is 0 Å². The summed E-state index contributed by atoms with van der Waals surface area (Å²) in [5.74, 6) is 1.22. The van der Waals surface area contributed by atoms with Crippen LogP contribution in [0.4, 0.5) is 0 Å². The van der Waals surface area contributed by atoms with Gasteiger partial charge in [0.2, 0.25) is 0 Å². The Bertz CT molecular complexity index is 138. The lowest BCUT2D eigenvalue weighted by Gasteiger charge is -2.11. The minimum Gasteiger partial charge on any atom is -0.299 e. The van der Waals surface area contributed by atoms with E-state index in [-0.39, 0.29) is 5.92 Å². The van der Waals surface area contributed by atoms with Crippen molar-refractivity contribution in [1.29, 1.82) is 0 Å². The molecule has 0 aromatic heterocycles. The number of ketones is 1. The van der Waals surface area contributed by atoms with Gasteiger partial charge in [-0.05, 0) is 5.92 Å². The summed E-state index contributed by atoms with van der Waals surface area (Å²) in [4.78, 5) is 11.4. The third kappa shape index (κ3) is 6.80. The van der Waals surface area contributed by atoms with Crippen molar-refractivity contribution < 1.29 is 4.79 Å². The third-order valence-corrected chi connectivity index (χ3v) is 2.49. The van der Waals surface area contributed by atoms with Crippen molar-refractivity contribution in [3.8, 4) is 0 Å². The van der Waals surface area contributed by atoms with Crippen LogP contribution in [0.2, 0.25) is 0 Å². The Balaban J connectivity index is 3.50. The number of hydrogen-bond donors (Lipinski definition) is 0. The predicted molar refractivity (Wildman–Crippen MR) is 57.8 cm³/mol. The molecule has 0 unspecified atom stereocenters. The van der Waals surface area contributed by atoms with Crippen molar-refractivity contribution in [3.63, 3.8) is 0 Å². The van der Waals surface area contributed by atoms with E-state index in [9.17, 15) is 4.79 Å². The van der Waals surface area contributed by atoms with Crippen molar-refractivity contribution in [2.45, 2.75) is 59.8 Å². The standard InChI is InChI=1S/C12H24O/c1-5-6-7-8-11(4)9-12(13)10(2)3/h10-11H,5-9H2,1-4H3/t11-/m1/s1. The Morgan fingerprint density at radius 1 is 1.15 bits per heavy atom. The number of unbranched alkanes of at least 4 members (excludes halogenated alkanes) is 2. The maximum absolute atomic E-state index is 11.4. The molecule has 0 aliphatic rings. The fourth-order valence-corrected chi connectivity index (χ4v) is 1.42. The maximum Gasteiger partial charge on any atom is 0.135 e. The molecule has 78 valence electrons. The van der Waals surface area contributed by atoms with Crippen LogP contribution in [0.15, 0.2) is 0 Å². The molecule has 0 bridgehead atoms. The van der Waals surface area contributed by atoms with Crippen LogP contribution in [-0.2, 0) is 4.79 Å². The van der Waals surface area contributed by atoms with Crippen LogP contribution in [0.1, 0.15) is 59.8 Å². The largest absolute Gasteiger partial charge is 0.299 e. The highest BCUT2D eigenvalue weighted by atomic mass is 16.1. The molecule has 0 aromatic carbocycles. The summed E-state index contributed by atoms with van der Waals surface area (Å²) in [5.41, 5.74) is 0. The van der Waals surface area contributed by atoms with E-state index in [1.165, 1.54) is 25.7 Å². The van der Waals surface area contributed by atoms with Gasteiger partial charge in [-0.3, -0.25) is 4.79 Å². The number of rotatable bonds is 7. The number of Topliss-reactive ketones (excluding diaryl/α,β-unsaturated/α-hetero) is 1. The van der Waals surface area contributed by atoms with Crippen molar-refractivity contribution in [3.05, 3.63) is 0 Å². The van der Waals surface area contributed by atoms with E-state index in [0.29, 0.717) is 11.7 Å². The van der Waals surface area contributed by atoms with Crippen LogP contribution in [0, 0.1) is 11.8 Å². The van der Waals surface area contributed by atoms with Gasteiger partial charge in [-0.25, -0.2) is 0 Å². The Morgan fingerprint density at radius 3 is 2.23 bits per heavy atom. The van der Waals surface area contributed by atoms with Crippen molar-refractivity contribution in [2.75, 3.05) is 0 Å². The Morgan fingerprint density at radius 2 is 1.77 bits per heavy atom. The molecule has 1 atom stereocenters. The van der Waals surface area contributed by atoms with E-state index in [2.05, 4.69) is 13.8 Å². The van der Waals surface area contributed by atoms with Gasteiger partial charge in [0.15, 0.2) is 0 Å². The number of carbonyl (C=O) groups excluding carboxylic acids is 1. The molecule has 0 fully saturated rings. The van der Waals surface area contributed by atoms with Gasteiger partial charge < -0.3 is 0 Å². The first-order valence-corrected chi connectivity index (χ1v) is 5.60. The second kappa shape index (κ2) is 7.11. The quantitative estimate of drug-likeness (QED) is 0.550. The molecule has 1 nitrogen and oxygen atoms in total. The highest BCUT2D eigenvalue weighted by molar-refractivity contribution is 5.80. The number of hydrogen-bond acceptors (Lipinski definition) is 1. The van der Waals surface area contributed by atoms with Crippen LogP contribution in [0.5, 0.6) is 0 Å². The van der Waals surface area contributed by atoms with E-state index in [0.717, 1.165) is 6.42 Å². The van der Waals surface area contributed by atoms with Crippen LogP contribution in [0.3, 0.4) is 0 Å². The molecule has 0 saturated carbocycles. The molecule has 13 heavy (non-hydrogen) atoms. The van der Waals surface area contributed by atoms with Crippen LogP contribution in [0.25, 0.3) is 0 Å². The van der Waals surface area contributed by atoms with E-state index in [1.54, 1.807) is 0 Å². The zero-order chi connectivity index (χ0) is 10.3. The fourth-order valence-electron chi connectivity index (χ4n) is 1.42. The second-order valence-corrected chi connectivity index (χ2v) is 4.43. The summed E-state index contributed by atoms with van der Waals surface area (Å²) in [6, 6.07) is 0. The van der Waals surface area contributed by atoms with Crippen molar-refractivity contribution in [1.82, 2.24) is 0 Å². The minimum absolute atomic E-state index is 0.216. The predicted octanol–water partition coefficient (Wildman–Crippen LogP) is 3.82. The Hall–Kier alpha value is -0.330. The van der Waals surface area contributed by atoms with Crippen molar-refractivity contribution in [2.24, 2.45) is 11.8 Å². The molecule has 0 N–H and O–H groups in total. The first-order valence-electron chi connectivity index (χ1n) is 5.60. The first-order chi connectivity index (χ1) is 6.07. The summed E-state index contributed by atoms with van der Waals surface area (Å²) in [6.45, 7) is 8.38. The molecule has 0 aliphatic carbocycles. The molecule has 0 radical (unpaired) electrons. The van der Waals surface area contributed by atoms with Gasteiger partial charge >= 0.3 is 0 Å². The fraction of sp³-hybridized carbons (Fsp3) is 0.917. The summed E-state index contributed by atoms with van der Waals surface area (Å²) in [6.07, 6.45) is 5.85. The zero-order valence-electron chi connectivity index (χ0n) is 9.60. The van der Waals surface area contributed by atoms with Gasteiger partial charge in [-0.2, -0.15) is 0 Å². The molecule has 0 amide bonds. The second-order valence-electron chi connectivity index (χ2n) is 4.43. The van der Waals surface area contributed by atoms with Gasteiger partial charge in [0.1, 0.15) is 5.78 Å². The summed E-state index contributed by atoms with van der Waals surface area (Å²) >= 11 is 0. The van der Waals surface area contributed by atoms with Gasteiger partial charge in [-0.15, -0.1) is 0 Å². The monoisotopic (exact) mass is 184 g/mol. The van der Waals surface area contributed by atoms with E-state index in [1.807, 2.05) is 13.8 Å². The number of carbonyl (C=O) groups is 1. The topological polar surface area (TPSA) is 17.1 Å². The summed E-state index contributed by atoms with van der Waals surface area (Å²) in [5, 5.41) is 0. The Kier molecular flexibility index (Phi) is 6.93. The SMILES string of the molecule is CCCCC[C@@H](C)CC(=O)C(C)C. The highest BCUT2D eigenvalue weighted by Crippen LogP contribution is 2.15. The third-order valence-electron chi connectivity index (χ3n) is 2.49. The lowest BCUT2D eigenvalue weighted by Crippen LogP contribution is -2.11. The normalized spacial score (nSPS) is 13.3. The lowest BCUT2D eigenvalue weighted by atomic mass is 9.94. The van der Waals surface area contributed by atoms with E-state index < -0.39 is 0 Å². The van der Waals surface area contributed by atoms with Gasteiger partial charge in [0.05, 0.1) is 0 Å². The maximum atomic E-state index is 11.4. The van der Waals surface area contributed by atoms with E-state index >= 15 is 0 Å². The van der Waals surface area contributed by atoms with Crippen molar-refractivity contribution >= 4 is 5.78 Å². The van der Waals surface area contributed by atoms with Gasteiger partial charge in [0, 0.05) is 12.3 Å². The molecule has 0 aliphatic heterocycles. The van der Waals surface area contributed by atoms with Crippen LogP contribution in [-0.4, -0.2) is 5.78 Å². The molecule has 0 heterocycles. The van der Waals surface area contributed by atoms with Gasteiger partial charge in [-0.1, -0.05) is 53.4 Å². The molecule has 0 saturated heterocycles. The first kappa shape index (κ1) is 12.7. The molecule has 0 aromatic rings. The average Bonchev–Trinajstić information content (AvgIpc) is 2.04.